The van der Waals surface area contributed by atoms with Crippen LogP contribution >= 0.6 is 11.8 Å². The Kier molecular flexibility index (Phi) is 8.32. The van der Waals surface area contributed by atoms with Crippen molar-refractivity contribution < 1.29 is 9.53 Å². The van der Waals surface area contributed by atoms with Crippen molar-refractivity contribution in [1.82, 2.24) is 14.9 Å². The normalized spacial score (nSPS) is 15.8. The summed E-state index contributed by atoms with van der Waals surface area (Å²) < 4.78 is 5.83. The number of benzene rings is 1. The molecule has 0 saturated carbocycles. The minimum Gasteiger partial charge on any atom is -0.378 e. The highest BCUT2D eigenvalue weighted by Crippen LogP contribution is 2.20. The monoisotopic (exact) mass is 442 g/mol. The largest absolute Gasteiger partial charge is 0.378 e. The third-order valence-corrected chi connectivity index (χ3v) is 6.35. The lowest BCUT2D eigenvalue weighted by Crippen LogP contribution is -2.37. The molecule has 0 spiro atoms. The van der Waals surface area contributed by atoms with E-state index in [4.69, 9.17) is 4.74 Å². The molecule has 1 atom stereocenters. The summed E-state index contributed by atoms with van der Waals surface area (Å²) in [4.78, 5) is 26.4. The molecule has 0 N–H and O–H groups in total. The van der Waals surface area contributed by atoms with Crippen molar-refractivity contribution in [3.63, 3.8) is 0 Å². The molecule has 1 aromatic heterocycles. The second-order valence-electron chi connectivity index (χ2n) is 8.33. The van der Waals surface area contributed by atoms with Crippen molar-refractivity contribution in [2.24, 2.45) is 0 Å². The van der Waals surface area contributed by atoms with Crippen LogP contribution in [0.15, 0.2) is 29.4 Å². The van der Waals surface area contributed by atoms with E-state index in [-0.39, 0.29) is 12.0 Å². The maximum atomic E-state index is 13.2. The highest BCUT2D eigenvalue weighted by atomic mass is 32.2. The molecule has 6 nitrogen and oxygen atoms in total. The Hall–Kier alpha value is -2.12. The molecule has 1 aliphatic heterocycles. The number of nitrogens with zero attached hydrogens (tertiary/aromatic N) is 4. The van der Waals surface area contributed by atoms with E-state index in [2.05, 4.69) is 39.1 Å². The molecule has 1 aromatic carbocycles. The fraction of sp³-hybridized carbons (Fsp3) is 0.542. The van der Waals surface area contributed by atoms with E-state index in [1.165, 1.54) is 0 Å². The molecule has 0 aliphatic carbocycles. The zero-order chi connectivity index (χ0) is 22.4. The summed E-state index contributed by atoms with van der Waals surface area (Å²) >= 11 is 1.54. The Labute approximate surface area is 190 Å². The molecular weight excluding hydrogens is 408 g/mol. The molecule has 168 valence electrons. The number of amides is 1. The van der Waals surface area contributed by atoms with Crippen molar-refractivity contribution in [3.8, 4) is 0 Å². The molecule has 1 unspecified atom stereocenters. The second kappa shape index (κ2) is 11.0. The average molecular weight is 443 g/mol. The number of hydrogen-bond acceptors (Lipinski definition) is 6. The van der Waals surface area contributed by atoms with Crippen LogP contribution in [0.1, 0.15) is 41.8 Å². The number of thioether (sulfide) groups is 1. The van der Waals surface area contributed by atoms with Crippen LogP contribution < -0.4 is 4.90 Å². The van der Waals surface area contributed by atoms with Crippen molar-refractivity contribution in [2.75, 3.05) is 38.4 Å². The van der Waals surface area contributed by atoms with E-state index in [1.54, 1.807) is 11.8 Å². The molecule has 2 aromatic rings. The predicted molar refractivity (Wildman–Crippen MR) is 127 cm³/mol. The van der Waals surface area contributed by atoms with E-state index in [0.29, 0.717) is 25.9 Å². The van der Waals surface area contributed by atoms with E-state index < -0.39 is 0 Å². The average Bonchev–Trinajstić information content (AvgIpc) is 3.26. The first-order valence-corrected chi connectivity index (χ1v) is 12.1. The van der Waals surface area contributed by atoms with E-state index in [0.717, 1.165) is 52.8 Å². The molecular formula is C24H34N4O2S. The highest BCUT2D eigenvalue weighted by Gasteiger charge is 2.23. The number of hydrogen-bond donors (Lipinski definition) is 0. The Morgan fingerprint density at radius 2 is 1.84 bits per heavy atom. The molecule has 1 aliphatic rings. The molecule has 1 saturated heterocycles. The first kappa shape index (κ1) is 23.5. The number of anilines is 1. The van der Waals surface area contributed by atoms with E-state index >= 15 is 0 Å². The molecule has 0 bridgehead atoms. The number of aromatic nitrogens is 2. The van der Waals surface area contributed by atoms with Gasteiger partial charge in [-0.25, -0.2) is 9.97 Å². The fourth-order valence-electron chi connectivity index (χ4n) is 3.96. The summed E-state index contributed by atoms with van der Waals surface area (Å²) in [5, 5.41) is 0.784. The second-order valence-corrected chi connectivity index (χ2v) is 9.10. The highest BCUT2D eigenvalue weighted by molar-refractivity contribution is 7.98. The number of carbonyl (C=O) groups excluding carboxylic acids is 1. The van der Waals surface area contributed by atoms with Crippen molar-refractivity contribution in [3.05, 3.63) is 46.8 Å². The van der Waals surface area contributed by atoms with Gasteiger partial charge in [0.25, 0.3) is 0 Å². The van der Waals surface area contributed by atoms with Gasteiger partial charge in [-0.15, -0.1) is 0 Å². The number of aryl methyl sites for hydroxylation is 2. The quantitative estimate of drug-likeness (QED) is 0.432. The summed E-state index contributed by atoms with van der Waals surface area (Å²) in [5.74, 6) is 0.153. The number of rotatable bonds is 9. The Bertz CT molecular complexity index is 857. The van der Waals surface area contributed by atoms with Gasteiger partial charge in [-0.05, 0) is 62.6 Å². The Morgan fingerprint density at radius 1 is 1.16 bits per heavy atom. The van der Waals surface area contributed by atoms with Crippen LogP contribution in [0.5, 0.6) is 0 Å². The van der Waals surface area contributed by atoms with Gasteiger partial charge in [-0.3, -0.25) is 4.79 Å². The van der Waals surface area contributed by atoms with Crippen LogP contribution in [0.3, 0.4) is 0 Å². The summed E-state index contributed by atoms with van der Waals surface area (Å²) in [6, 6.07) is 8.41. The topological polar surface area (TPSA) is 58.6 Å². The fourth-order valence-corrected chi connectivity index (χ4v) is 4.42. The Balaban J connectivity index is 1.70. The SMILES string of the molecule is CSc1nc(C)c(CCC(=O)N(Cc2ccc(N(C)C)cc2)CC2CCCO2)c(C)n1. The lowest BCUT2D eigenvalue weighted by Gasteiger charge is -2.26. The molecule has 1 amide bonds. The standard InChI is InChI=1S/C24H34N4O2S/c1-17-22(18(2)26-24(25-17)31-5)12-13-23(29)28(16-21-7-6-14-30-21)15-19-8-10-20(11-9-19)27(3)4/h8-11,21H,6-7,12-16H2,1-5H3. The van der Waals surface area contributed by atoms with Gasteiger partial charge in [-0.1, -0.05) is 23.9 Å². The molecule has 1 fully saturated rings. The minimum atomic E-state index is 0.137. The molecule has 31 heavy (non-hydrogen) atoms. The zero-order valence-electron chi connectivity index (χ0n) is 19.4. The van der Waals surface area contributed by atoms with Gasteiger partial charge in [0.1, 0.15) is 0 Å². The number of ether oxygens (including phenoxy) is 1. The molecule has 7 heteroatoms. The molecule has 0 radical (unpaired) electrons. The smallest absolute Gasteiger partial charge is 0.223 e. The zero-order valence-corrected chi connectivity index (χ0v) is 20.2. The van der Waals surface area contributed by atoms with Crippen LogP contribution in [0.4, 0.5) is 5.69 Å². The van der Waals surface area contributed by atoms with Gasteiger partial charge < -0.3 is 14.5 Å². The third-order valence-electron chi connectivity index (χ3n) is 5.80. The predicted octanol–water partition coefficient (Wildman–Crippen LogP) is 4.02. The number of carbonyl (C=O) groups is 1. The van der Waals surface area contributed by atoms with E-state index in [1.807, 2.05) is 39.1 Å². The van der Waals surface area contributed by atoms with Gasteiger partial charge in [0, 0.05) is 57.3 Å². The summed E-state index contributed by atoms with van der Waals surface area (Å²) in [6.07, 6.45) is 5.31. The summed E-state index contributed by atoms with van der Waals surface area (Å²) in [5.41, 5.74) is 5.31. The lowest BCUT2D eigenvalue weighted by molar-refractivity contribution is -0.133. The van der Waals surface area contributed by atoms with Gasteiger partial charge in [0.15, 0.2) is 5.16 Å². The van der Waals surface area contributed by atoms with Crippen molar-refractivity contribution in [2.45, 2.75) is 57.3 Å². The Morgan fingerprint density at radius 3 is 2.39 bits per heavy atom. The maximum absolute atomic E-state index is 13.2. The third kappa shape index (κ3) is 6.43. The summed E-state index contributed by atoms with van der Waals surface area (Å²) in [6.45, 7) is 6.05. The lowest BCUT2D eigenvalue weighted by atomic mass is 10.1. The van der Waals surface area contributed by atoms with Crippen LogP contribution in [0, 0.1) is 13.8 Å². The maximum Gasteiger partial charge on any atom is 0.223 e. The summed E-state index contributed by atoms with van der Waals surface area (Å²) in [7, 11) is 4.06. The van der Waals surface area contributed by atoms with E-state index in [9.17, 15) is 4.79 Å². The first-order chi connectivity index (χ1) is 14.9. The van der Waals surface area contributed by atoms with Crippen LogP contribution in [0.25, 0.3) is 0 Å². The molecule has 3 rings (SSSR count). The van der Waals surface area contributed by atoms with Crippen LogP contribution in [0.2, 0.25) is 0 Å². The van der Waals surface area contributed by atoms with Gasteiger partial charge in [-0.2, -0.15) is 0 Å². The van der Waals surface area contributed by atoms with Gasteiger partial charge >= 0.3 is 0 Å². The minimum absolute atomic E-state index is 0.137. The van der Waals surface area contributed by atoms with Crippen LogP contribution in [-0.2, 0) is 22.5 Å². The molecule has 2 heterocycles. The van der Waals surface area contributed by atoms with Gasteiger partial charge in [0.05, 0.1) is 6.10 Å². The van der Waals surface area contributed by atoms with Crippen LogP contribution in [-0.4, -0.2) is 60.4 Å². The van der Waals surface area contributed by atoms with Crippen molar-refractivity contribution in [1.29, 1.82) is 0 Å². The first-order valence-electron chi connectivity index (χ1n) is 10.9. The van der Waals surface area contributed by atoms with Gasteiger partial charge in [0.2, 0.25) is 5.91 Å². The van der Waals surface area contributed by atoms with Crippen molar-refractivity contribution >= 4 is 23.4 Å².